The molecule has 0 bridgehead atoms. The van der Waals surface area contributed by atoms with E-state index in [0.29, 0.717) is 12.3 Å². The third kappa shape index (κ3) is 3.31. The van der Waals surface area contributed by atoms with Gasteiger partial charge in [0.15, 0.2) is 12.0 Å². The molecule has 94 valence electrons. The van der Waals surface area contributed by atoms with Crippen LogP contribution in [0.1, 0.15) is 27.4 Å². The van der Waals surface area contributed by atoms with Gasteiger partial charge in [0.2, 0.25) is 0 Å². The van der Waals surface area contributed by atoms with Gasteiger partial charge in [-0.25, -0.2) is 0 Å². The highest BCUT2D eigenvalue weighted by atomic mass is 16.3. The summed E-state index contributed by atoms with van der Waals surface area (Å²) < 4.78 is 5.35. The number of nitrogens with zero attached hydrogens (tertiary/aromatic N) is 1. The minimum absolute atomic E-state index is 0.383. The number of hydrogen-bond acceptors (Lipinski definition) is 3. The molecule has 3 nitrogen and oxygen atoms in total. The predicted octanol–water partition coefficient (Wildman–Crippen LogP) is 3.03. The minimum atomic E-state index is 0.383. The van der Waals surface area contributed by atoms with E-state index in [1.54, 1.807) is 6.07 Å². The third-order valence-electron chi connectivity index (χ3n) is 2.80. The van der Waals surface area contributed by atoms with E-state index < -0.39 is 0 Å². The highest BCUT2D eigenvalue weighted by Gasteiger charge is 2.05. The first kappa shape index (κ1) is 12.6. The zero-order chi connectivity index (χ0) is 13.0. The Balaban J connectivity index is 1.93. The minimum Gasteiger partial charge on any atom is -0.457 e. The largest absolute Gasteiger partial charge is 0.457 e. The number of benzene rings is 1. The van der Waals surface area contributed by atoms with Gasteiger partial charge in [0, 0.05) is 6.54 Å². The molecule has 1 aromatic heterocycles. The summed E-state index contributed by atoms with van der Waals surface area (Å²) in [5.41, 5.74) is 2.54. The molecule has 0 radical (unpaired) electrons. The maximum absolute atomic E-state index is 10.5. The van der Waals surface area contributed by atoms with Crippen LogP contribution in [0.3, 0.4) is 0 Å². The van der Waals surface area contributed by atoms with Crippen LogP contribution in [0.15, 0.2) is 40.8 Å². The highest BCUT2D eigenvalue weighted by Crippen LogP contribution is 2.11. The Morgan fingerprint density at radius 1 is 1.11 bits per heavy atom. The maximum atomic E-state index is 10.5. The molecule has 0 aliphatic carbocycles. The van der Waals surface area contributed by atoms with Crippen molar-refractivity contribution in [1.82, 2.24) is 4.90 Å². The van der Waals surface area contributed by atoms with Gasteiger partial charge in [0.1, 0.15) is 5.76 Å². The number of carbonyl (C=O) groups is 1. The number of furan rings is 1. The molecule has 0 aliphatic heterocycles. The van der Waals surface area contributed by atoms with Crippen LogP contribution in [0.4, 0.5) is 0 Å². The second-order valence-corrected chi connectivity index (χ2v) is 4.58. The fourth-order valence-electron chi connectivity index (χ4n) is 1.87. The van der Waals surface area contributed by atoms with Crippen LogP contribution in [0.25, 0.3) is 0 Å². The average molecular weight is 243 g/mol. The lowest BCUT2D eigenvalue weighted by atomic mass is 10.1. The predicted molar refractivity (Wildman–Crippen MR) is 70.4 cm³/mol. The van der Waals surface area contributed by atoms with Crippen molar-refractivity contribution < 1.29 is 9.21 Å². The summed E-state index contributed by atoms with van der Waals surface area (Å²) in [6.07, 6.45) is 0.726. The van der Waals surface area contributed by atoms with Crippen LogP contribution < -0.4 is 0 Å². The number of aldehydes is 1. The van der Waals surface area contributed by atoms with Crippen LogP contribution in [0.5, 0.6) is 0 Å². The fourth-order valence-corrected chi connectivity index (χ4v) is 1.87. The molecular formula is C15H17NO2. The Morgan fingerprint density at radius 2 is 1.83 bits per heavy atom. The molecule has 0 amide bonds. The summed E-state index contributed by atoms with van der Waals surface area (Å²) >= 11 is 0. The highest BCUT2D eigenvalue weighted by molar-refractivity contribution is 5.70. The number of aryl methyl sites for hydroxylation is 1. The zero-order valence-corrected chi connectivity index (χ0v) is 10.7. The van der Waals surface area contributed by atoms with Gasteiger partial charge in [-0.1, -0.05) is 29.8 Å². The van der Waals surface area contributed by atoms with Crippen LogP contribution in [0, 0.1) is 6.92 Å². The lowest BCUT2D eigenvalue weighted by molar-refractivity contribution is 0.109. The maximum Gasteiger partial charge on any atom is 0.185 e. The second-order valence-electron chi connectivity index (χ2n) is 4.58. The van der Waals surface area contributed by atoms with E-state index in [0.717, 1.165) is 18.6 Å². The first-order chi connectivity index (χ1) is 8.67. The van der Waals surface area contributed by atoms with Crippen LogP contribution >= 0.6 is 0 Å². The Kier molecular flexibility index (Phi) is 3.95. The van der Waals surface area contributed by atoms with Gasteiger partial charge in [-0.3, -0.25) is 9.69 Å². The molecule has 0 N–H and O–H groups in total. The summed E-state index contributed by atoms with van der Waals surface area (Å²) in [6, 6.07) is 12.0. The molecule has 18 heavy (non-hydrogen) atoms. The second kappa shape index (κ2) is 5.65. The van der Waals surface area contributed by atoms with E-state index >= 15 is 0 Å². The monoisotopic (exact) mass is 243 g/mol. The molecule has 0 atom stereocenters. The van der Waals surface area contributed by atoms with Gasteiger partial charge in [-0.2, -0.15) is 0 Å². The zero-order valence-electron chi connectivity index (χ0n) is 10.7. The molecule has 3 heteroatoms. The summed E-state index contributed by atoms with van der Waals surface area (Å²) in [6.45, 7) is 3.64. The van der Waals surface area contributed by atoms with Gasteiger partial charge in [-0.15, -0.1) is 0 Å². The number of carbonyl (C=O) groups excluding carboxylic acids is 1. The molecule has 0 unspecified atom stereocenters. The van der Waals surface area contributed by atoms with Crippen molar-refractivity contribution in [3.05, 3.63) is 59.0 Å². The molecule has 0 saturated heterocycles. The molecule has 2 rings (SSSR count). The smallest absolute Gasteiger partial charge is 0.185 e. The van der Waals surface area contributed by atoms with Crippen molar-refractivity contribution in [2.24, 2.45) is 0 Å². The lowest BCUT2D eigenvalue weighted by Gasteiger charge is -2.15. The lowest BCUT2D eigenvalue weighted by Crippen LogP contribution is -2.16. The molecule has 0 aliphatic rings. The first-order valence-corrected chi connectivity index (χ1v) is 5.95. The third-order valence-corrected chi connectivity index (χ3v) is 2.80. The van der Waals surface area contributed by atoms with Crippen LogP contribution in [-0.4, -0.2) is 18.2 Å². The summed E-state index contributed by atoms with van der Waals surface area (Å²) in [7, 11) is 2.03. The van der Waals surface area contributed by atoms with Crippen molar-refractivity contribution in [2.75, 3.05) is 7.05 Å². The number of hydrogen-bond donors (Lipinski definition) is 0. The van der Waals surface area contributed by atoms with E-state index in [4.69, 9.17) is 4.42 Å². The van der Waals surface area contributed by atoms with E-state index in [1.807, 2.05) is 13.1 Å². The normalized spacial score (nSPS) is 10.8. The average Bonchev–Trinajstić information content (AvgIpc) is 2.79. The van der Waals surface area contributed by atoms with Crippen molar-refractivity contribution in [3.63, 3.8) is 0 Å². The molecule has 0 spiro atoms. The van der Waals surface area contributed by atoms with Gasteiger partial charge in [0.05, 0.1) is 6.54 Å². The van der Waals surface area contributed by atoms with Crippen molar-refractivity contribution in [3.8, 4) is 0 Å². The van der Waals surface area contributed by atoms with Gasteiger partial charge >= 0.3 is 0 Å². The topological polar surface area (TPSA) is 33.5 Å². The Morgan fingerprint density at radius 3 is 2.44 bits per heavy atom. The molecule has 1 heterocycles. The van der Waals surface area contributed by atoms with E-state index in [1.165, 1.54) is 11.1 Å². The first-order valence-electron chi connectivity index (χ1n) is 5.95. The standard InChI is InChI=1S/C15H17NO2/c1-12-3-5-13(6-4-12)9-16(2)10-14-7-8-15(11-17)18-14/h3-8,11H,9-10H2,1-2H3. The quantitative estimate of drug-likeness (QED) is 0.757. The van der Waals surface area contributed by atoms with Crippen molar-refractivity contribution >= 4 is 6.29 Å². The number of rotatable bonds is 5. The van der Waals surface area contributed by atoms with Gasteiger partial charge in [0.25, 0.3) is 0 Å². The molecule has 2 aromatic rings. The summed E-state index contributed by atoms with van der Waals surface area (Å²) in [4.78, 5) is 12.7. The Bertz CT molecular complexity index is 514. The fraction of sp³-hybridized carbons (Fsp3) is 0.267. The Hall–Kier alpha value is -1.87. The van der Waals surface area contributed by atoms with E-state index in [9.17, 15) is 4.79 Å². The van der Waals surface area contributed by atoms with E-state index in [-0.39, 0.29) is 0 Å². The van der Waals surface area contributed by atoms with E-state index in [2.05, 4.69) is 36.1 Å². The molecule has 0 saturated carbocycles. The Labute approximate surface area is 107 Å². The van der Waals surface area contributed by atoms with Crippen molar-refractivity contribution in [1.29, 1.82) is 0 Å². The molecule has 1 aromatic carbocycles. The van der Waals surface area contributed by atoms with Gasteiger partial charge in [-0.05, 0) is 31.7 Å². The summed E-state index contributed by atoms with van der Waals surface area (Å²) in [5, 5.41) is 0. The van der Waals surface area contributed by atoms with Crippen LogP contribution in [0.2, 0.25) is 0 Å². The van der Waals surface area contributed by atoms with Crippen LogP contribution in [-0.2, 0) is 13.1 Å². The SMILES string of the molecule is Cc1ccc(CN(C)Cc2ccc(C=O)o2)cc1. The summed E-state index contributed by atoms with van der Waals surface area (Å²) in [5.74, 6) is 1.19. The van der Waals surface area contributed by atoms with Crippen molar-refractivity contribution in [2.45, 2.75) is 20.0 Å². The van der Waals surface area contributed by atoms with Gasteiger partial charge < -0.3 is 4.42 Å². The molecular weight excluding hydrogens is 226 g/mol. The molecule has 0 fully saturated rings.